The Kier molecular flexibility index (Phi) is 12.8. The molecule has 2 rings (SSSR count). The first-order valence-corrected chi connectivity index (χ1v) is 13.6. The molecule has 2 atom stereocenters. The van der Waals surface area contributed by atoms with Gasteiger partial charge in [0.1, 0.15) is 0 Å². The summed E-state index contributed by atoms with van der Waals surface area (Å²) >= 11 is 0. The smallest absolute Gasteiger partial charge is 0.339 e. The molecule has 0 radical (unpaired) electrons. The van der Waals surface area contributed by atoms with Crippen LogP contribution < -0.4 is 0 Å². The molecular weight excluding hydrogens is 444 g/mol. The number of carbonyl (C=O) groups excluding carboxylic acids is 2. The van der Waals surface area contributed by atoms with E-state index in [0.29, 0.717) is 6.42 Å². The Bertz CT molecular complexity index is 715. The number of esters is 2. The molecule has 1 aliphatic rings. The SMILES string of the molecule is CCCCCCCCCCCCC1(c2ccccc2)OC(C(=O)OC(C)C)C(C(=O)OC(C)C)O1. The van der Waals surface area contributed by atoms with Crippen molar-refractivity contribution in [1.29, 1.82) is 0 Å². The highest BCUT2D eigenvalue weighted by Gasteiger charge is 2.55. The van der Waals surface area contributed by atoms with Crippen molar-refractivity contribution in [1.82, 2.24) is 0 Å². The van der Waals surface area contributed by atoms with Gasteiger partial charge in [0.15, 0.2) is 18.0 Å². The molecule has 0 bridgehead atoms. The molecule has 1 saturated heterocycles. The van der Waals surface area contributed by atoms with Crippen LogP contribution in [0, 0.1) is 0 Å². The third-order valence-corrected chi connectivity index (χ3v) is 6.15. The van der Waals surface area contributed by atoms with Crippen molar-refractivity contribution < 1.29 is 28.5 Å². The Morgan fingerprint density at radius 3 is 1.60 bits per heavy atom. The lowest BCUT2D eigenvalue weighted by molar-refractivity contribution is -0.202. The predicted molar refractivity (Wildman–Crippen MR) is 137 cm³/mol. The number of unbranched alkanes of at least 4 members (excludes halogenated alkanes) is 9. The van der Waals surface area contributed by atoms with Crippen LogP contribution in [0.1, 0.15) is 111 Å². The number of ether oxygens (including phenoxy) is 4. The van der Waals surface area contributed by atoms with Gasteiger partial charge in [0.2, 0.25) is 0 Å². The molecule has 0 saturated carbocycles. The maximum absolute atomic E-state index is 12.9. The summed E-state index contributed by atoms with van der Waals surface area (Å²) in [5, 5.41) is 0. The molecule has 0 spiro atoms. The molecule has 1 fully saturated rings. The first kappa shape index (κ1) is 29.3. The first-order valence-electron chi connectivity index (χ1n) is 13.6. The standard InChI is InChI=1S/C29H46O6/c1-6-7-8-9-10-11-12-13-14-18-21-29(24-19-16-15-17-20-24)34-25(27(30)32-22(2)3)26(35-29)28(31)33-23(4)5/h15-17,19-20,22-23,25-26H,6-14,18,21H2,1-5H3. The second kappa shape index (κ2) is 15.2. The highest BCUT2D eigenvalue weighted by Crippen LogP contribution is 2.42. The normalized spacial score (nSPS) is 22.0. The van der Waals surface area contributed by atoms with Crippen LogP contribution in [-0.2, 0) is 34.3 Å². The van der Waals surface area contributed by atoms with Gasteiger partial charge in [-0.25, -0.2) is 9.59 Å². The minimum absolute atomic E-state index is 0.332. The summed E-state index contributed by atoms with van der Waals surface area (Å²) in [5.41, 5.74) is 0.790. The average molecular weight is 491 g/mol. The number of hydrogen-bond donors (Lipinski definition) is 0. The lowest BCUT2D eigenvalue weighted by Gasteiger charge is -2.28. The third kappa shape index (κ3) is 9.57. The zero-order chi connectivity index (χ0) is 25.7. The molecule has 0 aromatic heterocycles. The van der Waals surface area contributed by atoms with Gasteiger partial charge in [0, 0.05) is 12.0 Å². The fourth-order valence-corrected chi connectivity index (χ4v) is 4.44. The van der Waals surface area contributed by atoms with E-state index in [9.17, 15) is 9.59 Å². The molecule has 2 unspecified atom stereocenters. The van der Waals surface area contributed by atoms with Gasteiger partial charge in [-0.15, -0.1) is 0 Å². The van der Waals surface area contributed by atoms with Gasteiger partial charge in [0.25, 0.3) is 0 Å². The van der Waals surface area contributed by atoms with E-state index >= 15 is 0 Å². The Morgan fingerprint density at radius 1 is 0.743 bits per heavy atom. The molecule has 1 aliphatic heterocycles. The maximum Gasteiger partial charge on any atom is 0.339 e. The first-order chi connectivity index (χ1) is 16.8. The van der Waals surface area contributed by atoms with E-state index in [2.05, 4.69) is 6.92 Å². The van der Waals surface area contributed by atoms with E-state index in [0.717, 1.165) is 24.8 Å². The Morgan fingerprint density at radius 2 is 1.17 bits per heavy atom. The van der Waals surface area contributed by atoms with Gasteiger partial charge >= 0.3 is 11.9 Å². The zero-order valence-electron chi connectivity index (χ0n) is 22.4. The van der Waals surface area contributed by atoms with Crippen LogP contribution in [0.2, 0.25) is 0 Å². The van der Waals surface area contributed by atoms with Gasteiger partial charge in [-0.1, -0.05) is 95.0 Å². The quantitative estimate of drug-likeness (QED) is 0.187. The Labute approximate surface area is 212 Å². The van der Waals surface area contributed by atoms with Crippen LogP contribution in [0.25, 0.3) is 0 Å². The summed E-state index contributed by atoms with van der Waals surface area (Å²) in [4.78, 5) is 25.8. The van der Waals surface area contributed by atoms with Gasteiger partial charge in [-0.2, -0.15) is 0 Å². The molecule has 1 heterocycles. The molecule has 1 aromatic carbocycles. The summed E-state index contributed by atoms with van der Waals surface area (Å²) in [6.07, 6.45) is 9.66. The fourth-order valence-electron chi connectivity index (χ4n) is 4.44. The van der Waals surface area contributed by atoms with Crippen molar-refractivity contribution in [3.8, 4) is 0 Å². The zero-order valence-corrected chi connectivity index (χ0v) is 22.4. The molecule has 6 nitrogen and oxygen atoms in total. The van der Waals surface area contributed by atoms with Crippen molar-refractivity contribution in [3.05, 3.63) is 35.9 Å². The van der Waals surface area contributed by atoms with Crippen LogP contribution in [0.5, 0.6) is 0 Å². The predicted octanol–water partition coefficient (Wildman–Crippen LogP) is 6.84. The van der Waals surface area contributed by atoms with Gasteiger partial charge in [-0.05, 0) is 34.1 Å². The van der Waals surface area contributed by atoms with Crippen LogP contribution in [0.15, 0.2) is 30.3 Å². The minimum atomic E-state index is -1.19. The lowest BCUT2D eigenvalue weighted by atomic mass is 9.98. The van der Waals surface area contributed by atoms with E-state index < -0.39 is 29.9 Å². The van der Waals surface area contributed by atoms with Crippen molar-refractivity contribution in [3.63, 3.8) is 0 Å². The summed E-state index contributed by atoms with van der Waals surface area (Å²) in [6, 6.07) is 9.56. The van der Waals surface area contributed by atoms with Crippen LogP contribution in [0.3, 0.4) is 0 Å². The molecule has 0 amide bonds. The summed E-state index contributed by atoms with van der Waals surface area (Å²) < 4.78 is 23.4. The number of hydrogen-bond acceptors (Lipinski definition) is 6. The second-order valence-corrected chi connectivity index (χ2v) is 10.1. The number of benzene rings is 1. The molecule has 6 heteroatoms. The highest BCUT2D eigenvalue weighted by molar-refractivity contribution is 5.86. The molecule has 0 aliphatic carbocycles. The Hall–Kier alpha value is -1.92. The number of carbonyl (C=O) groups is 2. The van der Waals surface area contributed by atoms with Gasteiger partial charge in [0.05, 0.1) is 12.2 Å². The molecule has 198 valence electrons. The van der Waals surface area contributed by atoms with Crippen molar-refractivity contribution in [2.24, 2.45) is 0 Å². The van der Waals surface area contributed by atoms with E-state index in [4.69, 9.17) is 18.9 Å². The fraction of sp³-hybridized carbons (Fsp3) is 0.724. The van der Waals surface area contributed by atoms with E-state index in [1.165, 1.54) is 44.9 Å². The monoisotopic (exact) mass is 490 g/mol. The van der Waals surface area contributed by atoms with Crippen molar-refractivity contribution in [2.45, 2.75) is 135 Å². The van der Waals surface area contributed by atoms with E-state index in [-0.39, 0.29) is 12.2 Å². The van der Waals surface area contributed by atoms with Crippen LogP contribution >= 0.6 is 0 Å². The molecule has 35 heavy (non-hydrogen) atoms. The van der Waals surface area contributed by atoms with Crippen LogP contribution in [-0.4, -0.2) is 36.4 Å². The van der Waals surface area contributed by atoms with Crippen molar-refractivity contribution in [2.75, 3.05) is 0 Å². The van der Waals surface area contributed by atoms with Gasteiger partial charge < -0.3 is 18.9 Å². The molecule has 0 N–H and O–H groups in total. The molecule has 1 aromatic rings. The second-order valence-electron chi connectivity index (χ2n) is 10.1. The maximum atomic E-state index is 12.9. The molecular formula is C29H46O6. The average Bonchev–Trinajstić information content (AvgIpc) is 3.22. The topological polar surface area (TPSA) is 71.1 Å². The Balaban J connectivity index is 2.06. The van der Waals surface area contributed by atoms with Crippen molar-refractivity contribution >= 4 is 11.9 Å². The van der Waals surface area contributed by atoms with Gasteiger partial charge in [-0.3, -0.25) is 0 Å². The lowest BCUT2D eigenvalue weighted by Crippen LogP contribution is -2.40. The highest BCUT2D eigenvalue weighted by atomic mass is 16.8. The largest absolute Gasteiger partial charge is 0.461 e. The number of rotatable bonds is 16. The summed E-state index contributed by atoms with van der Waals surface area (Å²) in [5.74, 6) is -2.40. The summed E-state index contributed by atoms with van der Waals surface area (Å²) in [6.45, 7) is 9.31. The third-order valence-electron chi connectivity index (χ3n) is 6.15. The van der Waals surface area contributed by atoms with E-state index in [1.54, 1.807) is 27.7 Å². The minimum Gasteiger partial charge on any atom is -0.461 e. The van der Waals surface area contributed by atoms with E-state index in [1.807, 2.05) is 30.3 Å². The summed E-state index contributed by atoms with van der Waals surface area (Å²) in [7, 11) is 0. The van der Waals surface area contributed by atoms with Crippen LogP contribution in [0.4, 0.5) is 0 Å².